The van der Waals surface area contributed by atoms with Crippen LogP contribution in [0.3, 0.4) is 0 Å². The molecule has 0 unspecified atom stereocenters. The summed E-state index contributed by atoms with van der Waals surface area (Å²) >= 11 is -0.826. The summed E-state index contributed by atoms with van der Waals surface area (Å²) in [4.78, 5) is 0. The van der Waals surface area contributed by atoms with Gasteiger partial charge >= 0.3 is 37.9 Å². The molecule has 0 heterocycles. The van der Waals surface area contributed by atoms with Crippen LogP contribution in [0.5, 0.6) is 0 Å². The van der Waals surface area contributed by atoms with E-state index in [2.05, 4.69) is 115 Å². The average molecular weight is 727 g/mol. The van der Waals surface area contributed by atoms with Gasteiger partial charge < -0.3 is 0 Å². The number of benzene rings is 2. The summed E-state index contributed by atoms with van der Waals surface area (Å²) in [6.07, 6.45) is 16.1. The van der Waals surface area contributed by atoms with Crippen LogP contribution in [0, 0.1) is 11.8 Å². The summed E-state index contributed by atoms with van der Waals surface area (Å²) < 4.78 is 0. The van der Waals surface area contributed by atoms with Gasteiger partial charge in [0.15, 0.2) is 0 Å². The summed E-state index contributed by atoms with van der Waals surface area (Å²) in [5.41, 5.74) is 6.00. The SMILES string of the molecule is C=CCCCCc1cccc2[cH-]c(CC(C)C)cc12.C=CCCCCc1cccc2[cH-]c(CC(C)C)cc12.C[Si]C.[Cl][Zr+2][Cl]. The van der Waals surface area contributed by atoms with Gasteiger partial charge in [-0.25, -0.2) is 0 Å². The first-order valence-electron chi connectivity index (χ1n) is 16.3. The summed E-state index contributed by atoms with van der Waals surface area (Å²) in [7, 11) is 11.0. The number of allylic oxidation sites excluding steroid dienone is 2. The maximum atomic E-state index is 4.93. The van der Waals surface area contributed by atoms with E-state index in [1.165, 1.54) is 95.2 Å². The van der Waals surface area contributed by atoms with E-state index in [0.29, 0.717) is 0 Å². The number of halogens is 2. The van der Waals surface area contributed by atoms with E-state index in [4.69, 9.17) is 17.0 Å². The van der Waals surface area contributed by atoms with Crippen LogP contribution < -0.4 is 0 Å². The molecule has 4 aromatic carbocycles. The number of rotatable bonds is 14. The summed E-state index contributed by atoms with van der Waals surface area (Å²) in [6, 6.07) is 23.0. The van der Waals surface area contributed by atoms with Gasteiger partial charge in [-0.3, -0.25) is 0 Å². The first-order valence-corrected chi connectivity index (χ1v) is 24.7. The zero-order chi connectivity index (χ0) is 32.7. The second-order valence-electron chi connectivity index (χ2n) is 12.4. The van der Waals surface area contributed by atoms with Crippen LogP contribution in [0.4, 0.5) is 0 Å². The maximum absolute atomic E-state index is 4.93. The van der Waals surface area contributed by atoms with Crippen molar-refractivity contribution in [3.05, 3.63) is 108 Å². The van der Waals surface area contributed by atoms with E-state index in [0.717, 1.165) is 34.2 Å². The summed E-state index contributed by atoms with van der Waals surface area (Å²) in [6.45, 7) is 21.0. The van der Waals surface area contributed by atoms with Crippen molar-refractivity contribution in [3.63, 3.8) is 0 Å². The zero-order valence-electron chi connectivity index (χ0n) is 28.3. The molecule has 0 aliphatic rings. The average Bonchev–Trinajstić information content (AvgIpc) is 3.58. The number of unbranched alkanes of at least 4 members (excludes halogenated alkanes) is 4. The van der Waals surface area contributed by atoms with Gasteiger partial charge in [-0.15, -0.1) is 82.2 Å². The molecule has 0 saturated carbocycles. The van der Waals surface area contributed by atoms with E-state index >= 15 is 0 Å². The van der Waals surface area contributed by atoms with Gasteiger partial charge in [0.25, 0.3) is 0 Å². The molecule has 0 saturated heterocycles. The Labute approximate surface area is 291 Å². The fraction of sp³-hybridized carbons (Fsp3) is 0.450. The van der Waals surface area contributed by atoms with E-state index in [1.54, 1.807) is 0 Å². The van der Waals surface area contributed by atoms with Crippen LogP contribution in [-0.2, 0) is 46.5 Å². The Balaban J connectivity index is 0.000000373. The standard InChI is InChI=1S/2C19H25.C2H6Si.2ClH.Zr/c2*1-4-5-6-7-9-17-10-8-11-18-13-16(12-15(2)3)14-19(17)18;1-3-2;;;/h2*4,8,10-11,13-15H,1,5-7,9,12H2,2-3H3;1-2H3;2*1H;/q2*-1;;;;+4/p-2. The Hall–Kier alpha value is -1.18. The molecular weight excluding hydrogens is 671 g/mol. The number of fused-ring (bicyclic) bond motifs is 2. The fourth-order valence-electron chi connectivity index (χ4n) is 5.55. The molecular formula is C40H56Cl2SiZr. The first kappa shape index (κ1) is 40.8. The van der Waals surface area contributed by atoms with E-state index in [-0.39, 0.29) is 0 Å². The molecule has 2 radical (unpaired) electrons. The summed E-state index contributed by atoms with van der Waals surface area (Å²) in [5.74, 6) is 1.46. The van der Waals surface area contributed by atoms with Crippen molar-refractivity contribution < 1.29 is 20.8 Å². The van der Waals surface area contributed by atoms with Gasteiger partial charge in [0.1, 0.15) is 0 Å². The van der Waals surface area contributed by atoms with Gasteiger partial charge in [0, 0.05) is 9.52 Å². The monoisotopic (exact) mass is 724 g/mol. The molecule has 0 bridgehead atoms. The second kappa shape index (κ2) is 25.0. The third-order valence-electron chi connectivity index (χ3n) is 7.30. The van der Waals surface area contributed by atoms with Crippen LogP contribution >= 0.6 is 17.0 Å². The molecule has 44 heavy (non-hydrogen) atoms. The first-order chi connectivity index (χ1) is 21.2. The Morgan fingerprint density at radius 3 is 1.39 bits per heavy atom. The van der Waals surface area contributed by atoms with E-state index in [1.807, 2.05) is 12.2 Å². The molecule has 4 heteroatoms. The predicted molar refractivity (Wildman–Crippen MR) is 201 cm³/mol. The topological polar surface area (TPSA) is 0 Å². The Bertz CT molecular complexity index is 1210. The molecule has 0 aliphatic carbocycles. The van der Waals surface area contributed by atoms with E-state index in [9.17, 15) is 0 Å². The third-order valence-corrected chi connectivity index (χ3v) is 7.30. The molecule has 0 fully saturated rings. The van der Waals surface area contributed by atoms with Gasteiger partial charge in [-0.05, 0) is 76.0 Å². The van der Waals surface area contributed by atoms with E-state index < -0.39 is 20.8 Å². The zero-order valence-corrected chi connectivity index (χ0v) is 33.3. The molecule has 0 nitrogen and oxygen atoms in total. The molecule has 0 aliphatic heterocycles. The molecule has 4 rings (SSSR count). The molecule has 4 aromatic rings. The molecule has 0 N–H and O–H groups in total. The van der Waals surface area contributed by atoms with Crippen LogP contribution in [0.25, 0.3) is 21.5 Å². The quantitative estimate of drug-likeness (QED) is 0.0525. The molecule has 0 spiro atoms. The van der Waals surface area contributed by atoms with Crippen molar-refractivity contribution in [2.45, 2.75) is 105 Å². The second-order valence-corrected chi connectivity index (χ2v) is 17.1. The molecule has 0 aromatic heterocycles. The Morgan fingerprint density at radius 2 is 1.07 bits per heavy atom. The number of hydrogen-bond donors (Lipinski definition) is 0. The van der Waals surface area contributed by atoms with Crippen molar-refractivity contribution >= 4 is 48.1 Å². The van der Waals surface area contributed by atoms with Gasteiger partial charge in [0.05, 0.1) is 0 Å². The van der Waals surface area contributed by atoms with Crippen LogP contribution in [0.1, 0.15) is 88.5 Å². The van der Waals surface area contributed by atoms with Crippen molar-refractivity contribution in [2.24, 2.45) is 11.8 Å². The van der Waals surface area contributed by atoms with Gasteiger partial charge in [0.2, 0.25) is 0 Å². The summed E-state index contributed by atoms with van der Waals surface area (Å²) in [5, 5.41) is 5.77. The van der Waals surface area contributed by atoms with Gasteiger partial charge in [-0.2, -0.15) is 12.1 Å². The van der Waals surface area contributed by atoms with Gasteiger partial charge in [-0.1, -0.05) is 76.2 Å². The normalized spacial score (nSPS) is 10.4. The minimum absolute atomic E-state index is 0.729. The number of hydrogen-bond acceptors (Lipinski definition) is 0. The minimum atomic E-state index is -0.826. The Morgan fingerprint density at radius 1 is 0.705 bits per heavy atom. The molecule has 0 amide bonds. The predicted octanol–water partition coefficient (Wildman–Crippen LogP) is 13.5. The van der Waals surface area contributed by atoms with Crippen LogP contribution in [0.15, 0.2) is 86.0 Å². The van der Waals surface area contributed by atoms with Crippen molar-refractivity contribution in [2.75, 3.05) is 0 Å². The molecule has 0 atom stereocenters. The van der Waals surface area contributed by atoms with Crippen molar-refractivity contribution in [1.82, 2.24) is 0 Å². The molecule has 238 valence electrons. The third kappa shape index (κ3) is 16.4. The fourth-order valence-corrected chi connectivity index (χ4v) is 5.55. The van der Waals surface area contributed by atoms with Crippen molar-refractivity contribution in [1.29, 1.82) is 0 Å². The van der Waals surface area contributed by atoms with Crippen molar-refractivity contribution in [3.8, 4) is 0 Å². The number of aryl methyl sites for hydroxylation is 2. The van der Waals surface area contributed by atoms with Crippen LogP contribution in [0.2, 0.25) is 13.1 Å². The van der Waals surface area contributed by atoms with Crippen LogP contribution in [-0.4, -0.2) is 9.52 Å². The Kier molecular flexibility index (Phi) is 23.2.